The molecular formula is C16H17F3N2O2S. The van der Waals surface area contributed by atoms with Crippen molar-refractivity contribution in [1.29, 1.82) is 5.26 Å². The molecule has 1 atom stereocenters. The minimum absolute atomic E-state index is 0.130. The summed E-state index contributed by atoms with van der Waals surface area (Å²) >= 11 is 0. The number of nitrogens with zero attached hydrogens (tertiary/aromatic N) is 1. The standard InChI is InChI=1S/C16H17F3N2O2S/c17-11-7-10-3-4-12(13(10)15(19)14(11)18)21-24(22,23)9-16(8-20)5-1-2-6-16/h7,12,21H,1-6,9H2. The molecule has 1 unspecified atom stereocenters. The average Bonchev–Trinajstić information content (AvgIpc) is 3.12. The number of benzene rings is 1. The van der Waals surface area contributed by atoms with Gasteiger partial charge in [0.1, 0.15) is 0 Å². The highest BCUT2D eigenvalue weighted by Gasteiger charge is 2.40. The Morgan fingerprint density at radius 2 is 1.92 bits per heavy atom. The Hall–Kier alpha value is -1.59. The van der Waals surface area contributed by atoms with E-state index in [4.69, 9.17) is 0 Å². The Bertz CT molecular complexity index is 812. The van der Waals surface area contributed by atoms with E-state index in [0.29, 0.717) is 12.8 Å². The normalized spacial score (nSPS) is 22.3. The van der Waals surface area contributed by atoms with Crippen LogP contribution >= 0.6 is 0 Å². The maximum absolute atomic E-state index is 14.0. The van der Waals surface area contributed by atoms with Crippen LogP contribution < -0.4 is 4.72 Å². The van der Waals surface area contributed by atoms with Gasteiger partial charge < -0.3 is 0 Å². The van der Waals surface area contributed by atoms with E-state index in [2.05, 4.69) is 10.8 Å². The van der Waals surface area contributed by atoms with Crippen LogP contribution in [-0.4, -0.2) is 14.2 Å². The Balaban J connectivity index is 1.84. The smallest absolute Gasteiger partial charge is 0.212 e. The number of aryl methyl sites for hydroxylation is 1. The van der Waals surface area contributed by atoms with Crippen molar-refractivity contribution in [2.45, 2.75) is 44.6 Å². The van der Waals surface area contributed by atoms with Gasteiger partial charge in [-0.3, -0.25) is 0 Å². The molecule has 8 heteroatoms. The summed E-state index contributed by atoms with van der Waals surface area (Å²) in [6.45, 7) is 0. The molecule has 24 heavy (non-hydrogen) atoms. The van der Waals surface area contributed by atoms with Gasteiger partial charge in [0, 0.05) is 5.56 Å². The largest absolute Gasteiger partial charge is 0.213 e. The summed E-state index contributed by atoms with van der Waals surface area (Å²) in [5.74, 6) is -4.56. The van der Waals surface area contributed by atoms with Crippen LogP contribution in [0.4, 0.5) is 13.2 Å². The zero-order valence-electron chi connectivity index (χ0n) is 12.9. The number of nitriles is 1. The first-order chi connectivity index (χ1) is 11.3. The molecule has 0 heterocycles. The molecule has 4 nitrogen and oxygen atoms in total. The molecule has 3 rings (SSSR count). The van der Waals surface area contributed by atoms with Crippen molar-refractivity contribution in [2.75, 3.05) is 5.75 Å². The van der Waals surface area contributed by atoms with Gasteiger partial charge in [0.2, 0.25) is 10.0 Å². The van der Waals surface area contributed by atoms with Crippen molar-refractivity contribution < 1.29 is 21.6 Å². The van der Waals surface area contributed by atoms with E-state index in [-0.39, 0.29) is 29.7 Å². The number of sulfonamides is 1. The maximum atomic E-state index is 14.0. The van der Waals surface area contributed by atoms with Gasteiger partial charge in [-0.15, -0.1) is 0 Å². The van der Waals surface area contributed by atoms with Crippen LogP contribution in [0.1, 0.15) is 49.3 Å². The third kappa shape index (κ3) is 3.03. The summed E-state index contributed by atoms with van der Waals surface area (Å²) in [5, 5.41) is 9.32. The van der Waals surface area contributed by atoms with Crippen molar-refractivity contribution in [1.82, 2.24) is 4.72 Å². The van der Waals surface area contributed by atoms with E-state index in [1.807, 2.05) is 0 Å². The van der Waals surface area contributed by atoms with Gasteiger partial charge in [0.15, 0.2) is 17.5 Å². The first-order valence-corrected chi connectivity index (χ1v) is 9.50. The summed E-state index contributed by atoms with van der Waals surface area (Å²) < 4.78 is 68.0. The number of rotatable bonds is 4. The van der Waals surface area contributed by atoms with Crippen molar-refractivity contribution in [2.24, 2.45) is 5.41 Å². The maximum Gasteiger partial charge on any atom is 0.213 e. The number of hydrogen-bond donors (Lipinski definition) is 1. The molecule has 1 aromatic rings. The minimum Gasteiger partial charge on any atom is -0.212 e. The van der Waals surface area contributed by atoms with E-state index in [1.54, 1.807) is 0 Å². The SMILES string of the molecule is N#CC1(CS(=O)(=O)NC2CCc3cc(F)c(F)c(F)c32)CCCC1. The van der Waals surface area contributed by atoms with E-state index in [0.717, 1.165) is 18.9 Å². The third-order valence-electron chi connectivity index (χ3n) is 4.92. The Kier molecular flexibility index (Phi) is 4.34. The molecule has 0 spiro atoms. The fourth-order valence-corrected chi connectivity index (χ4v) is 5.60. The monoisotopic (exact) mass is 358 g/mol. The number of fused-ring (bicyclic) bond motifs is 1. The molecular weight excluding hydrogens is 341 g/mol. The molecule has 0 radical (unpaired) electrons. The van der Waals surface area contributed by atoms with E-state index in [9.17, 15) is 26.9 Å². The highest BCUT2D eigenvalue weighted by molar-refractivity contribution is 7.89. The summed E-state index contributed by atoms with van der Waals surface area (Å²) in [6.07, 6.45) is 3.12. The Morgan fingerprint density at radius 3 is 2.54 bits per heavy atom. The number of hydrogen-bond acceptors (Lipinski definition) is 3. The molecule has 0 aromatic heterocycles. The highest BCUT2D eigenvalue weighted by atomic mass is 32.2. The Labute approximate surface area is 138 Å². The minimum atomic E-state index is -3.86. The highest BCUT2D eigenvalue weighted by Crippen LogP contribution is 2.40. The van der Waals surface area contributed by atoms with Crippen LogP contribution in [0.25, 0.3) is 0 Å². The predicted molar refractivity (Wildman–Crippen MR) is 80.8 cm³/mol. The van der Waals surface area contributed by atoms with Crippen molar-refractivity contribution in [3.63, 3.8) is 0 Å². The van der Waals surface area contributed by atoms with Crippen LogP contribution in [0.3, 0.4) is 0 Å². The fraction of sp³-hybridized carbons (Fsp3) is 0.562. The molecule has 1 saturated carbocycles. The summed E-state index contributed by atoms with van der Waals surface area (Å²) in [4.78, 5) is 0. The first kappa shape index (κ1) is 17.2. The number of nitrogens with one attached hydrogen (secondary N) is 1. The molecule has 1 N–H and O–H groups in total. The van der Waals surface area contributed by atoms with Crippen molar-refractivity contribution in [3.05, 3.63) is 34.6 Å². The molecule has 1 aromatic carbocycles. The molecule has 2 aliphatic carbocycles. The van der Waals surface area contributed by atoms with Crippen LogP contribution in [0.5, 0.6) is 0 Å². The lowest BCUT2D eigenvalue weighted by atomic mass is 9.91. The van der Waals surface area contributed by atoms with Crippen LogP contribution in [0, 0.1) is 34.2 Å². The van der Waals surface area contributed by atoms with Crippen LogP contribution in [0.15, 0.2) is 6.07 Å². The van der Waals surface area contributed by atoms with Gasteiger partial charge in [-0.25, -0.2) is 26.3 Å². The number of halogens is 3. The topological polar surface area (TPSA) is 70.0 Å². The second kappa shape index (κ2) is 6.05. The molecule has 0 bridgehead atoms. The van der Waals surface area contributed by atoms with E-state index in [1.165, 1.54) is 0 Å². The Morgan fingerprint density at radius 1 is 1.25 bits per heavy atom. The quantitative estimate of drug-likeness (QED) is 0.841. The molecule has 1 fully saturated rings. The molecule has 0 amide bonds. The fourth-order valence-electron chi connectivity index (χ4n) is 3.77. The van der Waals surface area contributed by atoms with Crippen molar-refractivity contribution >= 4 is 10.0 Å². The van der Waals surface area contributed by atoms with E-state index >= 15 is 0 Å². The van der Waals surface area contributed by atoms with Gasteiger partial charge in [-0.1, -0.05) is 12.8 Å². The van der Waals surface area contributed by atoms with Crippen LogP contribution in [0.2, 0.25) is 0 Å². The summed E-state index contributed by atoms with van der Waals surface area (Å²) in [5.41, 5.74) is -0.773. The molecule has 0 aliphatic heterocycles. The molecule has 2 aliphatic rings. The molecule has 0 saturated heterocycles. The van der Waals surface area contributed by atoms with Gasteiger partial charge in [0.05, 0.1) is 23.3 Å². The van der Waals surface area contributed by atoms with Gasteiger partial charge in [-0.2, -0.15) is 5.26 Å². The van der Waals surface area contributed by atoms with Crippen molar-refractivity contribution in [3.8, 4) is 6.07 Å². The van der Waals surface area contributed by atoms with Gasteiger partial charge in [0.25, 0.3) is 0 Å². The lowest BCUT2D eigenvalue weighted by Gasteiger charge is -2.22. The zero-order valence-corrected chi connectivity index (χ0v) is 13.7. The van der Waals surface area contributed by atoms with Gasteiger partial charge >= 0.3 is 0 Å². The summed E-state index contributed by atoms with van der Waals surface area (Å²) in [7, 11) is -3.86. The lowest BCUT2D eigenvalue weighted by Crippen LogP contribution is -2.36. The summed E-state index contributed by atoms with van der Waals surface area (Å²) in [6, 6.07) is 2.08. The first-order valence-electron chi connectivity index (χ1n) is 7.84. The second-order valence-corrected chi connectivity index (χ2v) is 8.38. The predicted octanol–water partition coefficient (Wildman–Crippen LogP) is 3.09. The zero-order chi connectivity index (χ0) is 17.5. The third-order valence-corrected chi connectivity index (χ3v) is 6.50. The van der Waals surface area contributed by atoms with E-state index < -0.39 is 38.9 Å². The second-order valence-electron chi connectivity index (χ2n) is 6.63. The van der Waals surface area contributed by atoms with Gasteiger partial charge in [-0.05, 0) is 37.3 Å². The molecule has 130 valence electrons. The average molecular weight is 358 g/mol. The van der Waals surface area contributed by atoms with Crippen LogP contribution in [-0.2, 0) is 16.4 Å². The lowest BCUT2D eigenvalue weighted by molar-refractivity contribution is 0.432.